The first-order valence-electron chi connectivity index (χ1n) is 5.54. The van der Waals surface area contributed by atoms with Crippen LogP contribution in [-0.4, -0.2) is 17.4 Å². The Balaban J connectivity index is 2.56. The van der Waals surface area contributed by atoms with Gasteiger partial charge in [0.05, 0.1) is 5.92 Å². The van der Waals surface area contributed by atoms with Crippen molar-refractivity contribution in [2.45, 2.75) is 52.6 Å². The Hall–Kier alpha value is -0.860. The van der Waals surface area contributed by atoms with Crippen LogP contribution in [0.3, 0.4) is 0 Å². The van der Waals surface area contributed by atoms with Gasteiger partial charge in [-0.2, -0.15) is 0 Å². The summed E-state index contributed by atoms with van der Waals surface area (Å²) in [6.07, 6.45) is 1.69. The van der Waals surface area contributed by atoms with Crippen molar-refractivity contribution >= 4 is 11.8 Å². The van der Waals surface area contributed by atoms with E-state index in [1.165, 1.54) is 0 Å². The highest BCUT2D eigenvalue weighted by molar-refractivity contribution is 5.83. The summed E-state index contributed by atoms with van der Waals surface area (Å²) >= 11 is 0. The van der Waals surface area contributed by atoms with Crippen molar-refractivity contribution in [2.24, 2.45) is 11.8 Å². The Morgan fingerprint density at radius 3 is 2.47 bits per heavy atom. The minimum Gasteiger partial charge on any atom is -0.460 e. The molecular formula is C12H20O3. The average Bonchev–Trinajstić information content (AvgIpc) is 1.99. The quantitative estimate of drug-likeness (QED) is 0.626. The molecule has 3 nitrogen and oxygen atoms in total. The molecule has 0 radical (unpaired) electrons. The summed E-state index contributed by atoms with van der Waals surface area (Å²) in [6.45, 7) is 7.54. The number of ketones is 1. The van der Waals surface area contributed by atoms with Crippen LogP contribution in [-0.2, 0) is 14.3 Å². The number of rotatable bonds is 1. The van der Waals surface area contributed by atoms with Gasteiger partial charge < -0.3 is 4.74 Å². The van der Waals surface area contributed by atoms with E-state index in [9.17, 15) is 9.59 Å². The molecule has 0 N–H and O–H groups in total. The Kier molecular flexibility index (Phi) is 3.53. The van der Waals surface area contributed by atoms with Crippen molar-refractivity contribution in [1.82, 2.24) is 0 Å². The van der Waals surface area contributed by atoms with E-state index in [1.807, 2.05) is 27.7 Å². The first kappa shape index (κ1) is 12.2. The van der Waals surface area contributed by atoms with Crippen molar-refractivity contribution < 1.29 is 14.3 Å². The topological polar surface area (TPSA) is 43.4 Å². The van der Waals surface area contributed by atoms with Gasteiger partial charge in [0.2, 0.25) is 0 Å². The summed E-state index contributed by atoms with van der Waals surface area (Å²) in [6, 6.07) is 0. The maximum absolute atomic E-state index is 11.8. The fraction of sp³-hybridized carbons (Fsp3) is 0.833. The van der Waals surface area contributed by atoms with Gasteiger partial charge in [0.1, 0.15) is 11.4 Å². The lowest BCUT2D eigenvalue weighted by Gasteiger charge is -2.29. The minimum atomic E-state index is -0.432. The predicted octanol–water partition coefficient (Wildman–Crippen LogP) is 2.33. The maximum Gasteiger partial charge on any atom is 0.309 e. The van der Waals surface area contributed by atoms with Crippen LogP contribution in [0.15, 0.2) is 0 Å². The van der Waals surface area contributed by atoms with Crippen LogP contribution in [0.25, 0.3) is 0 Å². The third kappa shape index (κ3) is 3.65. The molecule has 2 atom stereocenters. The van der Waals surface area contributed by atoms with E-state index in [0.717, 1.165) is 0 Å². The highest BCUT2D eigenvalue weighted by atomic mass is 16.6. The molecule has 0 aliphatic heterocycles. The van der Waals surface area contributed by atoms with Crippen molar-refractivity contribution in [3.8, 4) is 0 Å². The second-order valence-corrected chi connectivity index (χ2v) is 5.40. The third-order valence-electron chi connectivity index (χ3n) is 2.68. The van der Waals surface area contributed by atoms with Gasteiger partial charge in [0.25, 0.3) is 0 Å². The number of carbonyl (C=O) groups is 2. The molecule has 1 aliphatic carbocycles. The Bertz CT molecular complexity index is 263. The van der Waals surface area contributed by atoms with E-state index in [0.29, 0.717) is 19.3 Å². The first-order valence-corrected chi connectivity index (χ1v) is 5.54. The van der Waals surface area contributed by atoms with E-state index < -0.39 is 5.60 Å². The number of hydrogen-bond donors (Lipinski definition) is 0. The summed E-state index contributed by atoms with van der Waals surface area (Å²) in [4.78, 5) is 23.0. The Labute approximate surface area is 91.2 Å². The number of carbonyl (C=O) groups excluding carboxylic acids is 2. The van der Waals surface area contributed by atoms with Crippen LogP contribution in [0, 0.1) is 11.8 Å². The molecule has 0 aromatic rings. The van der Waals surface area contributed by atoms with Crippen molar-refractivity contribution in [3.05, 3.63) is 0 Å². The summed E-state index contributed by atoms with van der Waals surface area (Å²) in [5, 5.41) is 0. The van der Waals surface area contributed by atoms with E-state index in [2.05, 4.69) is 0 Å². The molecule has 0 aromatic heterocycles. The summed E-state index contributed by atoms with van der Waals surface area (Å²) in [5.41, 5.74) is -0.432. The standard InChI is InChI=1S/C12H20O3/c1-8-7-9(13)5-6-10(8)11(14)15-12(2,3)4/h8,10H,5-7H2,1-4H3. The largest absolute Gasteiger partial charge is 0.460 e. The average molecular weight is 212 g/mol. The molecule has 0 amide bonds. The van der Waals surface area contributed by atoms with Crippen LogP contribution in [0.2, 0.25) is 0 Å². The molecule has 1 aliphatic rings. The molecule has 1 fully saturated rings. The molecule has 0 spiro atoms. The van der Waals surface area contributed by atoms with Gasteiger partial charge >= 0.3 is 5.97 Å². The van der Waals surface area contributed by atoms with Crippen LogP contribution in [0.1, 0.15) is 47.0 Å². The van der Waals surface area contributed by atoms with Gasteiger partial charge in [-0.05, 0) is 33.1 Å². The zero-order chi connectivity index (χ0) is 11.6. The van der Waals surface area contributed by atoms with Crippen LogP contribution < -0.4 is 0 Å². The van der Waals surface area contributed by atoms with Gasteiger partial charge in [-0.3, -0.25) is 9.59 Å². The van der Waals surface area contributed by atoms with Gasteiger partial charge in [-0.1, -0.05) is 6.92 Å². The van der Waals surface area contributed by atoms with Gasteiger partial charge in [-0.15, -0.1) is 0 Å². The van der Waals surface area contributed by atoms with E-state index in [1.54, 1.807) is 0 Å². The van der Waals surface area contributed by atoms with Crippen LogP contribution in [0.5, 0.6) is 0 Å². The second kappa shape index (κ2) is 4.33. The Morgan fingerprint density at radius 2 is 2.00 bits per heavy atom. The lowest BCUT2D eigenvalue weighted by molar-refractivity contribution is -0.163. The molecule has 0 heterocycles. The fourth-order valence-electron chi connectivity index (χ4n) is 1.93. The van der Waals surface area contributed by atoms with Gasteiger partial charge in [-0.25, -0.2) is 0 Å². The first-order chi connectivity index (χ1) is 6.79. The highest BCUT2D eigenvalue weighted by Gasteiger charge is 2.34. The van der Waals surface area contributed by atoms with Crippen molar-refractivity contribution in [2.75, 3.05) is 0 Å². The van der Waals surface area contributed by atoms with E-state index in [4.69, 9.17) is 4.74 Å². The molecule has 2 unspecified atom stereocenters. The molecule has 15 heavy (non-hydrogen) atoms. The molecular weight excluding hydrogens is 192 g/mol. The monoisotopic (exact) mass is 212 g/mol. The molecule has 0 aromatic carbocycles. The van der Waals surface area contributed by atoms with Crippen LogP contribution >= 0.6 is 0 Å². The second-order valence-electron chi connectivity index (χ2n) is 5.40. The third-order valence-corrected chi connectivity index (χ3v) is 2.68. The lowest BCUT2D eigenvalue weighted by Crippen LogP contribution is -2.35. The fourth-order valence-corrected chi connectivity index (χ4v) is 1.93. The molecule has 0 bridgehead atoms. The lowest BCUT2D eigenvalue weighted by atomic mass is 9.80. The molecule has 1 saturated carbocycles. The zero-order valence-corrected chi connectivity index (χ0v) is 10.0. The van der Waals surface area contributed by atoms with Crippen molar-refractivity contribution in [3.63, 3.8) is 0 Å². The zero-order valence-electron chi connectivity index (χ0n) is 10.0. The smallest absolute Gasteiger partial charge is 0.309 e. The number of hydrogen-bond acceptors (Lipinski definition) is 3. The molecule has 3 heteroatoms. The normalized spacial score (nSPS) is 27.6. The molecule has 1 rings (SSSR count). The molecule has 86 valence electrons. The summed E-state index contributed by atoms with van der Waals surface area (Å²) in [7, 11) is 0. The Morgan fingerprint density at radius 1 is 1.40 bits per heavy atom. The maximum atomic E-state index is 11.8. The van der Waals surface area contributed by atoms with Crippen LogP contribution in [0.4, 0.5) is 0 Å². The van der Waals surface area contributed by atoms with Gasteiger partial charge in [0.15, 0.2) is 0 Å². The highest BCUT2D eigenvalue weighted by Crippen LogP contribution is 2.29. The van der Waals surface area contributed by atoms with Crippen molar-refractivity contribution in [1.29, 1.82) is 0 Å². The summed E-state index contributed by atoms with van der Waals surface area (Å²) in [5.74, 6) is 0.146. The van der Waals surface area contributed by atoms with E-state index >= 15 is 0 Å². The SMILES string of the molecule is CC1CC(=O)CCC1C(=O)OC(C)(C)C. The number of Topliss-reactive ketones (excluding diaryl/α,β-unsaturated/α-hetero) is 1. The predicted molar refractivity (Wildman–Crippen MR) is 57.4 cm³/mol. The molecule has 0 saturated heterocycles. The minimum absolute atomic E-state index is 0.0954. The van der Waals surface area contributed by atoms with Gasteiger partial charge in [0, 0.05) is 12.8 Å². The number of ether oxygens (including phenoxy) is 1. The van der Waals surface area contributed by atoms with E-state index in [-0.39, 0.29) is 23.6 Å². The number of esters is 1. The summed E-state index contributed by atoms with van der Waals surface area (Å²) < 4.78 is 5.33.